The van der Waals surface area contributed by atoms with Crippen LogP contribution in [-0.4, -0.2) is 6.54 Å². The average molecular weight is 234 g/mol. The molecule has 84 valence electrons. The van der Waals surface area contributed by atoms with Crippen molar-refractivity contribution in [1.29, 1.82) is 0 Å². The Morgan fingerprint density at radius 3 is 2.53 bits per heavy atom. The molecule has 15 heavy (non-hydrogen) atoms. The predicted molar refractivity (Wildman–Crippen MR) is 58.2 cm³/mol. The van der Waals surface area contributed by atoms with Gasteiger partial charge in [-0.05, 0) is 37.1 Å². The van der Waals surface area contributed by atoms with Gasteiger partial charge < -0.3 is 5.32 Å². The van der Waals surface area contributed by atoms with E-state index in [0.29, 0.717) is 0 Å². The second-order valence-electron chi connectivity index (χ2n) is 3.68. The molecule has 1 heterocycles. The van der Waals surface area contributed by atoms with Gasteiger partial charge in [-0.1, -0.05) is 12.5 Å². The first-order chi connectivity index (χ1) is 6.77. The molecule has 0 unspecified atom stereocenters. The molecule has 4 heteroatoms. The minimum atomic E-state index is -0.774. The van der Waals surface area contributed by atoms with Crippen molar-refractivity contribution in [2.45, 2.75) is 25.3 Å². The van der Waals surface area contributed by atoms with E-state index < -0.39 is 11.6 Å². The fourth-order valence-electron chi connectivity index (χ4n) is 1.87. The maximum Gasteiger partial charge on any atom is 0.159 e. The van der Waals surface area contributed by atoms with Crippen molar-refractivity contribution in [2.24, 2.45) is 0 Å². The summed E-state index contributed by atoms with van der Waals surface area (Å²) >= 11 is 0. The van der Waals surface area contributed by atoms with Gasteiger partial charge in [-0.15, -0.1) is 12.4 Å². The minimum Gasteiger partial charge on any atom is -0.310 e. The first kappa shape index (κ1) is 12.4. The maximum absolute atomic E-state index is 12.9. The van der Waals surface area contributed by atoms with Crippen LogP contribution >= 0.6 is 12.4 Å². The van der Waals surface area contributed by atoms with E-state index in [-0.39, 0.29) is 18.4 Å². The van der Waals surface area contributed by atoms with E-state index >= 15 is 0 Å². The average Bonchev–Trinajstić information content (AvgIpc) is 2.23. The third-order valence-electron chi connectivity index (χ3n) is 2.66. The van der Waals surface area contributed by atoms with Gasteiger partial charge in [0.1, 0.15) is 0 Å². The fraction of sp³-hybridized carbons (Fsp3) is 0.455. The summed E-state index contributed by atoms with van der Waals surface area (Å²) in [6.07, 6.45) is 3.32. The molecule has 1 fully saturated rings. The van der Waals surface area contributed by atoms with Crippen LogP contribution in [0.2, 0.25) is 0 Å². The van der Waals surface area contributed by atoms with Gasteiger partial charge in [-0.2, -0.15) is 0 Å². The smallest absolute Gasteiger partial charge is 0.159 e. The molecule has 1 N–H and O–H groups in total. The van der Waals surface area contributed by atoms with Crippen molar-refractivity contribution >= 4 is 12.4 Å². The highest BCUT2D eigenvalue weighted by Gasteiger charge is 2.15. The quantitative estimate of drug-likeness (QED) is 0.786. The normalized spacial score (nSPS) is 20.8. The first-order valence-electron chi connectivity index (χ1n) is 4.96. The Kier molecular flexibility index (Phi) is 4.48. The molecule has 0 aliphatic carbocycles. The summed E-state index contributed by atoms with van der Waals surface area (Å²) in [4.78, 5) is 0. The molecule has 0 radical (unpaired) electrons. The van der Waals surface area contributed by atoms with E-state index in [9.17, 15) is 8.78 Å². The van der Waals surface area contributed by atoms with Crippen molar-refractivity contribution in [1.82, 2.24) is 5.32 Å². The molecular formula is C11H14ClF2N. The van der Waals surface area contributed by atoms with Crippen LogP contribution in [0.5, 0.6) is 0 Å². The van der Waals surface area contributed by atoms with Gasteiger partial charge in [0.2, 0.25) is 0 Å². The Morgan fingerprint density at radius 2 is 1.93 bits per heavy atom. The largest absolute Gasteiger partial charge is 0.310 e. The van der Waals surface area contributed by atoms with Crippen molar-refractivity contribution in [2.75, 3.05) is 6.54 Å². The zero-order valence-electron chi connectivity index (χ0n) is 8.30. The summed E-state index contributed by atoms with van der Waals surface area (Å²) in [6.45, 7) is 0.962. The van der Waals surface area contributed by atoms with Gasteiger partial charge >= 0.3 is 0 Å². The van der Waals surface area contributed by atoms with Crippen LogP contribution in [-0.2, 0) is 0 Å². The van der Waals surface area contributed by atoms with E-state index in [1.807, 2.05) is 0 Å². The first-order valence-corrected chi connectivity index (χ1v) is 4.96. The van der Waals surface area contributed by atoms with Gasteiger partial charge in [-0.25, -0.2) is 8.78 Å². The van der Waals surface area contributed by atoms with Crippen LogP contribution in [0.15, 0.2) is 18.2 Å². The molecule has 1 saturated heterocycles. The van der Waals surface area contributed by atoms with E-state index in [4.69, 9.17) is 0 Å². The molecule has 0 amide bonds. The van der Waals surface area contributed by atoms with Crippen LogP contribution in [0.1, 0.15) is 30.9 Å². The highest BCUT2D eigenvalue weighted by atomic mass is 35.5. The highest BCUT2D eigenvalue weighted by molar-refractivity contribution is 5.85. The van der Waals surface area contributed by atoms with E-state index in [1.54, 1.807) is 6.07 Å². The van der Waals surface area contributed by atoms with Gasteiger partial charge in [-0.3, -0.25) is 0 Å². The molecule has 0 saturated carbocycles. The van der Waals surface area contributed by atoms with Crippen molar-refractivity contribution in [3.05, 3.63) is 35.4 Å². The molecule has 2 rings (SSSR count). The summed E-state index contributed by atoms with van der Waals surface area (Å²) in [6, 6.07) is 4.33. The minimum absolute atomic E-state index is 0. The van der Waals surface area contributed by atoms with Gasteiger partial charge in [0.15, 0.2) is 11.6 Å². The van der Waals surface area contributed by atoms with Gasteiger partial charge in [0.05, 0.1) is 0 Å². The summed E-state index contributed by atoms with van der Waals surface area (Å²) in [5, 5.41) is 3.29. The molecular weight excluding hydrogens is 220 g/mol. The summed E-state index contributed by atoms with van der Waals surface area (Å²) in [7, 11) is 0. The summed E-state index contributed by atoms with van der Waals surface area (Å²) in [5.41, 5.74) is 0.851. The van der Waals surface area contributed by atoms with Crippen molar-refractivity contribution in [3.8, 4) is 0 Å². The van der Waals surface area contributed by atoms with E-state index in [2.05, 4.69) is 5.32 Å². The Morgan fingerprint density at radius 1 is 1.13 bits per heavy atom. The Bertz CT molecular complexity index is 324. The number of benzene rings is 1. The number of nitrogens with one attached hydrogen (secondary N) is 1. The second kappa shape index (κ2) is 5.42. The molecule has 1 nitrogen and oxygen atoms in total. The second-order valence-corrected chi connectivity index (χ2v) is 3.68. The maximum atomic E-state index is 12.9. The molecule has 1 aromatic carbocycles. The Balaban J connectivity index is 0.00000112. The third-order valence-corrected chi connectivity index (χ3v) is 2.66. The molecule has 1 aliphatic rings. The topological polar surface area (TPSA) is 12.0 Å². The van der Waals surface area contributed by atoms with Crippen LogP contribution in [0.25, 0.3) is 0 Å². The van der Waals surface area contributed by atoms with Gasteiger partial charge in [0.25, 0.3) is 0 Å². The van der Waals surface area contributed by atoms with Crippen LogP contribution in [0, 0.1) is 11.6 Å². The van der Waals surface area contributed by atoms with E-state index in [0.717, 1.165) is 24.9 Å². The zero-order valence-corrected chi connectivity index (χ0v) is 9.12. The molecule has 1 atom stereocenters. The number of rotatable bonds is 1. The molecule has 0 spiro atoms. The lowest BCUT2D eigenvalue weighted by atomic mass is 9.97. The summed E-state index contributed by atoms with van der Waals surface area (Å²) in [5.74, 6) is -1.53. The standard InChI is InChI=1S/C11H13F2N.ClH/c12-9-5-4-8(7-10(9)13)11-3-1-2-6-14-11;/h4-5,7,11,14H,1-3,6H2;1H/t11-;/m1./s1. The predicted octanol–water partition coefficient (Wildman–Crippen LogP) is 3.20. The van der Waals surface area contributed by atoms with Crippen LogP contribution in [0.3, 0.4) is 0 Å². The number of hydrogen-bond donors (Lipinski definition) is 1. The summed E-state index contributed by atoms with van der Waals surface area (Å²) < 4.78 is 25.6. The Hall–Kier alpha value is -0.670. The van der Waals surface area contributed by atoms with Crippen molar-refractivity contribution in [3.63, 3.8) is 0 Å². The van der Waals surface area contributed by atoms with Crippen molar-refractivity contribution < 1.29 is 8.78 Å². The number of hydrogen-bond acceptors (Lipinski definition) is 1. The van der Waals surface area contributed by atoms with Crippen LogP contribution in [0.4, 0.5) is 8.78 Å². The zero-order chi connectivity index (χ0) is 9.97. The SMILES string of the molecule is Cl.Fc1ccc([C@H]2CCCCN2)cc1F. The lowest BCUT2D eigenvalue weighted by Crippen LogP contribution is -2.26. The lowest BCUT2D eigenvalue weighted by Gasteiger charge is -2.23. The molecule has 1 aromatic rings. The molecule has 1 aliphatic heterocycles. The molecule has 0 aromatic heterocycles. The Labute approximate surface area is 94.3 Å². The fourth-order valence-corrected chi connectivity index (χ4v) is 1.87. The number of piperidine rings is 1. The van der Waals surface area contributed by atoms with Gasteiger partial charge in [0, 0.05) is 6.04 Å². The lowest BCUT2D eigenvalue weighted by molar-refractivity contribution is 0.409. The monoisotopic (exact) mass is 233 g/mol. The molecule has 0 bridgehead atoms. The van der Waals surface area contributed by atoms with E-state index in [1.165, 1.54) is 18.6 Å². The third kappa shape index (κ3) is 2.89. The van der Waals surface area contributed by atoms with Crippen LogP contribution < -0.4 is 5.32 Å². The highest BCUT2D eigenvalue weighted by Crippen LogP contribution is 2.23. The number of halogens is 3.